The number of aliphatic hydroxyl groups is 1. The number of aliphatic imine (C=N–C) groups is 1. The number of thioether (sulfide) groups is 1. The molecule has 0 spiro atoms. The summed E-state index contributed by atoms with van der Waals surface area (Å²) in [5, 5.41) is 29.8. The maximum Gasteiger partial charge on any atom is 0.247 e. The number of nitrogens with one attached hydrogen (secondary N) is 3. The summed E-state index contributed by atoms with van der Waals surface area (Å²) < 4.78 is 7.08. The van der Waals surface area contributed by atoms with Gasteiger partial charge in [0.1, 0.15) is 29.0 Å². The van der Waals surface area contributed by atoms with E-state index in [1.807, 2.05) is 86.3 Å². The molecular weight excluding hydrogens is 906 g/mol. The van der Waals surface area contributed by atoms with E-state index >= 15 is 0 Å². The summed E-state index contributed by atoms with van der Waals surface area (Å²) in [4.78, 5) is 66.7. The third-order valence-electron chi connectivity index (χ3n) is 11.6. The summed E-state index contributed by atoms with van der Waals surface area (Å²) in [5.74, 6) is 0.336. The number of aryl methyl sites for hydroxylation is 3. The number of β-amino-alcohol motifs (C(OH)–C–C–N with tert-alkyl or cyclic N) is 1. The second-order valence-electron chi connectivity index (χ2n) is 16.7. The van der Waals surface area contributed by atoms with E-state index in [0.717, 1.165) is 54.0 Å². The van der Waals surface area contributed by atoms with Crippen LogP contribution in [0.1, 0.15) is 84.1 Å². The van der Waals surface area contributed by atoms with Gasteiger partial charge >= 0.3 is 0 Å². The van der Waals surface area contributed by atoms with Crippen LogP contribution in [0.4, 0.5) is 0 Å². The van der Waals surface area contributed by atoms with E-state index in [2.05, 4.69) is 45.0 Å². The Labute approximate surface area is 395 Å². The van der Waals surface area contributed by atoms with Gasteiger partial charge in [-0.15, -0.1) is 32.9 Å². The highest BCUT2D eigenvalue weighted by molar-refractivity contribution is 8.00. The van der Waals surface area contributed by atoms with Gasteiger partial charge in [0.25, 0.3) is 0 Å². The van der Waals surface area contributed by atoms with Crippen molar-refractivity contribution in [3.63, 3.8) is 0 Å². The fourth-order valence-corrected chi connectivity index (χ4v) is 11.3. The van der Waals surface area contributed by atoms with Gasteiger partial charge < -0.3 is 30.7 Å². The molecule has 4 amide bonds. The zero-order valence-corrected chi connectivity index (χ0v) is 40.6. The second-order valence-corrected chi connectivity index (χ2v) is 21.0. The van der Waals surface area contributed by atoms with Crippen LogP contribution in [0, 0.1) is 27.7 Å². The molecule has 344 valence electrons. The highest BCUT2D eigenvalue weighted by atomic mass is 35.5. The van der Waals surface area contributed by atoms with Crippen molar-refractivity contribution in [3.8, 4) is 15.4 Å². The number of likely N-dealkylation sites (tertiary alicyclic amines) is 1. The zero-order chi connectivity index (χ0) is 46.6. The number of amides is 4. The molecule has 65 heavy (non-hydrogen) atoms. The first-order valence-electron chi connectivity index (χ1n) is 21.4. The number of aromatic nitrogens is 4. The van der Waals surface area contributed by atoms with E-state index in [0.29, 0.717) is 29.0 Å². The molecule has 2 aliphatic heterocycles. The van der Waals surface area contributed by atoms with Gasteiger partial charge in [-0.05, 0) is 70.4 Å². The Morgan fingerprint density at radius 1 is 1.00 bits per heavy atom. The number of fused-ring (bicyclic) bond motifs is 3. The molecule has 1 saturated heterocycles. The molecule has 0 saturated carbocycles. The van der Waals surface area contributed by atoms with E-state index in [9.17, 15) is 24.3 Å². The molecule has 0 radical (unpaired) electrons. The van der Waals surface area contributed by atoms with Crippen molar-refractivity contribution in [1.29, 1.82) is 0 Å². The Hall–Kier alpha value is -4.98. The summed E-state index contributed by atoms with van der Waals surface area (Å²) in [6.45, 7) is 14.1. The minimum absolute atomic E-state index is 0.0311. The van der Waals surface area contributed by atoms with Gasteiger partial charge in [0.2, 0.25) is 23.6 Å². The Morgan fingerprint density at radius 3 is 2.42 bits per heavy atom. The highest BCUT2D eigenvalue weighted by Crippen LogP contribution is 2.40. The fourth-order valence-electron chi connectivity index (χ4n) is 8.06. The van der Waals surface area contributed by atoms with E-state index in [1.54, 1.807) is 22.7 Å². The molecule has 3 aromatic heterocycles. The first-order chi connectivity index (χ1) is 31.0. The van der Waals surface area contributed by atoms with E-state index in [-0.39, 0.29) is 50.9 Å². The summed E-state index contributed by atoms with van der Waals surface area (Å²) in [7, 11) is 0. The third-order valence-corrected chi connectivity index (χ3v) is 15.4. The normalized spacial score (nSPS) is 17.5. The summed E-state index contributed by atoms with van der Waals surface area (Å²) in [6, 6.07) is 12.9. The molecule has 0 aliphatic carbocycles. The number of thiazole rings is 1. The quantitative estimate of drug-likeness (QED) is 0.0798. The smallest absolute Gasteiger partial charge is 0.247 e. The minimum atomic E-state index is -0.993. The second kappa shape index (κ2) is 20.7. The van der Waals surface area contributed by atoms with Crippen LogP contribution >= 0.6 is 46.0 Å². The van der Waals surface area contributed by atoms with Crippen LogP contribution in [0.25, 0.3) is 15.4 Å². The van der Waals surface area contributed by atoms with Gasteiger partial charge in [-0.3, -0.25) is 28.7 Å². The van der Waals surface area contributed by atoms with Crippen LogP contribution in [-0.4, -0.2) is 114 Å². The van der Waals surface area contributed by atoms with Crippen molar-refractivity contribution in [2.24, 2.45) is 4.99 Å². The Morgan fingerprint density at radius 2 is 1.72 bits per heavy atom. The molecule has 15 nitrogen and oxygen atoms in total. The van der Waals surface area contributed by atoms with E-state index in [1.165, 1.54) is 23.6 Å². The van der Waals surface area contributed by atoms with E-state index in [4.69, 9.17) is 21.3 Å². The standard InChI is InChI=1S/C46H54ClN9O6S3/c1-25-27(3)65-45-38(25)39(31-12-14-33(47)15-13-31)52-35(42-54-53-28(4)56(42)45)21-37(59)48-16-17-62-18-19-64-46(6,7)41(51-29(5)57)44(61)55-23-34(58)20-36(55)43(60)49-22-30-8-10-32(11-9-30)40-26(2)50-24-63-40/h8-15,24,34-36,41,58H,16-23H2,1-7H3,(H,48,59)(H,49,60)(H,51,57)/t34-,35+,36+,41-/m1/s1. The van der Waals surface area contributed by atoms with Gasteiger partial charge in [0, 0.05) is 64.5 Å². The number of rotatable bonds is 17. The maximum atomic E-state index is 14.2. The maximum absolute atomic E-state index is 14.2. The lowest BCUT2D eigenvalue weighted by Crippen LogP contribution is -2.59. The lowest BCUT2D eigenvalue weighted by molar-refractivity contribution is -0.142. The molecule has 4 N–H and O–H groups in total. The van der Waals surface area contributed by atoms with Crippen LogP contribution in [0.5, 0.6) is 0 Å². The minimum Gasteiger partial charge on any atom is -0.391 e. The first-order valence-corrected chi connectivity index (χ1v) is 24.5. The van der Waals surface area contributed by atoms with Crippen LogP contribution in [0.3, 0.4) is 0 Å². The number of thiophene rings is 1. The SMILES string of the molecule is CC(=O)N[C@H](C(=O)N1C[C@H](O)C[C@H]1C(=O)NCc1ccc(-c2scnc2C)cc1)C(C)(C)SCCOCCNC(=O)C[C@@H]1N=C(c2ccc(Cl)cc2)c2c(sc(C)c2C)-n2c(C)nnc21. The number of nitrogens with zero attached hydrogens (tertiary/aromatic N) is 6. The number of benzene rings is 2. The Balaban J connectivity index is 0.907. The van der Waals surface area contributed by atoms with Crippen LogP contribution < -0.4 is 16.0 Å². The number of carbonyl (C=O) groups excluding carboxylic acids is 4. The number of ether oxygens (including phenoxy) is 1. The van der Waals surface area contributed by atoms with Gasteiger partial charge in [-0.1, -0.05) is 48.0 Å². The zero-order valence-electron chi connectivity index (χ0n) is 37.4. The van der Waals surface area contributed by atoms with Crippen molar-refractivity contribution in [1.82, 2.24) is 40.6 Å². The molecule has 2 aliphatic rings. The Kier molecular flexibility index (Phi) is 15.3. The van der Waals surface area contributed by atoms with Gasteiger partial charge in [0.05, 0.1) is 47.5 Å². The summed E-state index contributed by atoms with van der Waals surface area (Å²) in [5.41, 5.74) is 8.45. The predicted molar refractivity (Wildman–Crippen MR) is 256 cm³/mol. The van der Waals surface area contributed by atoms with Gasteiger partial charge in [-0.2, -0.15) is 11.8 Å². The van der Waals surface area contributed by atoms with Crippen molar-refractivity contribution >= 4 is 75.4 Å². The number of aliphatic hydroxyl groups excluding tert-OH is 1. The van der Waals surface area contributed by atoms with Crippen molar-refractivity contribution in [2.75, 3.05) is 32.1 Å². The van der Waals surface area contributed by atoms with Crippen molar-refractivity contribution in [3.05, 3.63) is 104 Å². The molecule has 4 atom stereocenters. The topological polar surface area (TPSA) is 193 Å². The number of hydrogen-bond donors (Lipinski definition) is 4. The molecular formula is C46H54ClN9O6S3. The number of carbonyl (C=O) groups is 4. The predicted octanol–water partition coefficient (Wildman–Crippen LogP) is 6.05. The van der Waals surface area contributed by atoms with E-state index < -0.39 is 40.8 Å². The molecule has 19 heteroatoms. The summed E-state index contributed by atoms with van der Waals surface area (Å²) in [6.07, 6.45) is -0.761. The number of hydrogen-bond acceptors (Lipinski definition) is 13. The molecule has 2 aromatic carbocycles. The monoisotopic (exact) mass is 959 g/mol. The average Bonchev–Trinajstić information content (AvgIpc) is 4.04. The fraction of sp³-hybridized carbons (Fsp3) is 0.435. The molecule has 5 aromatic rings. The molecule has 0 bridgehead atoms. The van der Waals surface area contributed by atoms with Crippen LogP contribution in [-0.2, 0) is 30.5 Å². The van der Waals surface area contributed by atoms with Crippen molar-refractivity contribution < 1.29 is 29.0 Å². The van der Waals surface area contributed by atoms with Crippen LogP contribution in [0.2, 0.25) is 5.02 Å². The van der Waals surface area contributed by atoms with Gasteiger partial charge in [0.15, 0.2) is 5.82 Å². The lowest BCUT2D eigenvalue weighted by Gasteiger charge is -2.37. The third kappa shape index (κ3) is 11.0. The van der Waals surface area contributed by atoms with Crippen LogP contribution in [0.15, 0.2) is 59.0 Å². The highest BCUT2D eigenvalue weighted by Gasteiger charge is 2.46. The first kappa shape index (κ1) is 48.0. The largest absolute Gasteiger partial charge is 0.391 e. The van der Waals surface area contributed by atoms with Gasteiger partial charge in [-0.25, -0.2) is 4.98 Å². The average molecular weight is 961 g/mol. The molecule has 7 rings (SSSR count). The summed E-state index contributed by atoms with van der Waals surface area (Å²) >= 11 is 10.9. The lowest BCUT2D eigenvalue weighted by atomic mass is 9.99. The van der Waals surface area contributed by atoms with Crippen molar-refractivity contribution in [2.45, 2.75) is 96.8 Å². The molecule has 5 heterocycles. The molecule has 0 unspecified atom stereocenters. The Bertz CT molecular complexity index is 2570. The molecule has 1 fully saturated rings. The number of halogens is 1.